The minimum absolute atomic E-state index is 0.0414. The number of piperidine rings is 1. The maximum absolute atomic E-state index is 12.8. The summed E-state index contributed by atoms with van der Waals surface area (Å²) in [5.41, 5.74) is 4.21. The Balaban J connectivity index is 1.15. The van der Waals surface area contributed by atoms with Crippen LogP contribution in [0.2, 0.25) is 0 Å². The van der Waals surface area contributed by atoms with E-state index in [2.05, 4.69) is 46.4 Å². The smallest absolute Gasteiger partial charge is 0.260 e. The SMILES string of the molecule is O=C(COc1cccnc1-c1ccc2[nH]ccc2c1)N1CCC(CCc2ccccc2)CC1. The highest BCUT2D eigenvalue weighted by Crippen LogP contribution is 2.30. The van der Waals surface area contributed by atoms with Gasteiger partial charge in [0.1, 0.15) is 11.4 Å². The molecule has 5 heteroatoms. The lowest BCUT2D eigenvalue weighted by Crippen LogP contribution is -2.41. The molecule has 5 rings (SSSR count). The molecule has 0 unspecified atom stereocenters. The third kappa shape index (κ3) is 5.08. The molecule has 0 atom stereocenters. The number of ether oxygens (including phenoxy) is 1. The predicted molar refractivity (Wildman–Crippen MR) is 131 cm³/mol. The predicted octanol–water partition coefficient (Wildman–Crippen LogP) is 5.48. The van der Waals surface area contributed by atoms with E-state index in [1.807, 2.05) is 41.4 Å². The molecule has 168 valence electrons. The number of aromatic amines is 1. The Morgan fingerprint density at radius 1 is 1.03 bits per heavy atom. The Morgan fingerprint density at radius 3 is 2.73 bits per heavy atom. The summed E-state index contributed by atoms with van der Waals surface area (Å²) in [5.74, 6) is 1.37. The van der Waals surface area contributed by atoms with Crippen molar-refractivity contribution in [3.05, 3.63) is 84.7 Å². The van der Waals surface area contributed by atoms with E-state index in [9.17, 15) is 4.79 Å². The lowest BCUT2D eigenvalue weighted by Gasteiger charge is -2.32. The number of fused-ring (bicyclic) bond motifs is 1. The molecule has 1 fully saturated rings. The monoisotopic (exact) mass is 439 g/mol. The van der Waals surface area contributed by atoms with Crippen LogP contribution < -0.4 is 4.74 Å². The molecular formula is C28H29N3O2. The summed E-state index contributed by atoms with van der Waals surface area (Å²) in [4.78, 5) is 22.5. The third-order valence-electron chi connectivity index (χ3n) is 6.60. The van der Waals surface area contributed by atoms with Crippen molar-refractivity contribution in [3.63, 3.8) is 0 Å². The van der Waals surface area contributed by atoms with E-state index in [4.69, 9.17) is 4.74 Å². The van der Waals surface area contributed by atoms with E-state index in [0.717, 1.165) is 54.5 Å². The van der Waals surface area contributed by atoms with Gasteiger partial charge in [-0.05, 0) is 67.5 Å². The van der Waals surface area contributed by atoms with Gasteiger partial charge < -0.3 is 14.6 Å². The third-order valence-corrected chi connectivity index (χ3v) is 6.60. The quantitative estimate of drug-likeness (QED) is 0.415. The number of aryl methyl sites for hydroxylation is 1. The average molecular weight is 440 g/mol. The molecule has 0 bridgehead atoms. The number of pyridine rings is 1. The molecule has 1 amide bonds. The standard InChI is InChI=1S/C28H29N3O2/c32-27(31-17-13-22(14-18-31)9-8-21-5-2-1-3-6-21)20-33-26-7-4-15-30-28(26)24-10-11-25-23(19-24)12-16-29-25/h1-7,10-12,15-16,19,22,29H,8-9,13-14,17-18,20H2. The van der Waals surface area contributed by atoms with Crippen LogP contribution in [0.15, 0.2) is 79.1 Å². The van der Waals surface area contributed by atoms with E-state index in [1.165, 1.54) is 12.0 Å². The van der Waals surface area contributed by atoms with Gasteiger partial charge in [0.25, 0.3) is 5.91 Å². The van der Waals surface area contributed by atoms with Gasteiger partial charge in [-0.2, -0.15) is 0 Å². The molecule has 4 aromatic rings. The van der Waals surface area contributed by atoms with Gasteiger partial charge in [0, 0.05) is 41.9 Å². The van der Waals surface area contributed by atoms with Gasteiger partial charge in [-0.25, -0.2) is 0 Å². The van der Waals surface area contributed by atoms with Crippen molar-refractivity contribution in [1.82, 2.24) is 14.9 Å². The molecule has 33 heavy (non-hydrogen) atoms. The van der Waals surface area contributed by atoms with E-state index in [-0.39, 0.29) is 12.5 Å². The van der Waals surface area contributed by atoms with E-state index in [1.54, 1.807) is 6.20 Å². The number of amides is 1. The highest BCUT2D eigenvalue weighted by molar-refractivity contribution is 5.85. The average Bonchev–Trinajstić information content (AvgIpc) is 3.35. The summed E-state index contributed by atoms with van der Waals surface area (Å²) < 4.78 is 5.97. The first kappa shape index (κ1) is 21.3. The zero-order chi connectivity index (χ0) is 22.5. The minimum atomic E-state index is 0.0414. The van der Waals surface area contributed by atoms with E-state index < -0.39 is 0 Å². The highest BCUT2D eigenvalue weighted by atomic mass is 16.5. The van der Waals surface area contributed by atoms with Gasteiger partial charge in [0.05, 0.1) is 0 Å². The molecule has 1 N–H and O–H groups in total. The van der Waals surface area contributed by atoms with Crippen LogP contribution in [-0.2, 0) is 11.2 Å². The maximum atomic E-state index is 12.8. The number of likely N-dealkylation sites (tertiary alicyclic amines) is 1. The number of carbonyl (C=O) groups is 1. The first-order valence-electron chi connectivity index (χ1n) is 11.7. The van der Waals surface area contributed by atoms with Crippen LogP contribution in [0.3, 0.4) is 0 Å². The number of hydrogen-bond donors (Lipinski definition) is 1. The molecule has 0 aliphatic carbocycles. The van der Waals surface area contributed by atoms with Gasteiger partial charge in [-0.15, -0.1) is 0 Å². The van der Waals surface area contributed by atoms with Crippen LogP contribution in [0, 0.1) is 5.92 Å². The Morgan fingerprint density at radius 2 is 1.88 bits per heavy atom. The summed E-state index contributed by atoms with van der Waals surface area (Å²) in [5, 5.41) is 1.12. The van der Waals surface area contributed by atoms with Crippen molar-refractivity contribution >= 4 is 16.8 Å². The molecule has 1 saturated heterocycles. The molecule has 0 radical (unpaired) electrons. The second-order valence-electron chi connectivity index (χ2n) is 8.77. The molecule has 1 aliphatic heterocycles. The van der Waals surface area contributed by atoms with Crippen molar-refractivity contribution < 1.29 is 9.53 Å². The Bertz CT molecular complexity index is 1210. The number of hydrogen-bond acceptors (Lipinski definition) is 3. The zero-order valence-electron chi connectivity index (χ0n) is 18.7. The number of benzene rings is 2. The van der Waals surface area contributed by atoms with Gasteiger partial charge >= 0.3 is 0 Å². The number of nitrogens with zero attached hydrogens (tertiary/aromatic N) is 2. The normalized spacial score (nSPS) is 14.5. The molecule has 3 heterocycles. The van der Waals surface area contributed by atoms with Crippen molar-refractivity contribution in [2.24, 2.45) is 5.92 Å². The fourth-order valence-electron chi connectivity index (χ4n) is 4.64. The van der Waals surface area contributed by atoms with Crippen LogP contribution in [0.25, 0.3) is 22.2 Å². The fourth-order valence-corrected chi connectivity index (χ4v) is 4.64. The largest absolute Gasteiger partial charge is 0.481 e. The Kier molecular flexibility index (Phi) is 6.38. The highest BCUT2D eigenvalue weighted by Gasteiger charge is 2.23. The summed E-state index contributed by atoms with van der Waals surface area (Å²) in [7, 11) is 0. The number of rotatable bonds is 7. The molecule has 2 aromatic carbocycles. The van der Waals surface area contributed by atoms with Gasteiger partial charge in [0.2, 0.25) is 0 Å². The molecular weight excluding hydrogens is 410 g/mol. The van der Waals surface area contributed by atoms with E-state index in [0.29, 0.717) is 11.7 Å². The van der Waals surface area contributed by atoms with Crippen LogP contribution in [0.1, 0.15) is 24.8 Å². The number of nitrogens with one attached hydrogen (secondary N) is 1. The second kappa shape index (κ2) is 9.90. The lowest BCUT2D eigenvalue weighted by atomic mass is 9.90. The van der Waals surface area contributed by atoms with Gasteiger partial charge in [-0.3, -0.25) is 9.78 Å². The fraction of sp³-hybridized carbons (Fsp3) is 0.286. The maximum Gasteiger partial charge on any atom is 0.260 e. The first-order chi connectivity index (χ1) is 16.3. The summed E-state index contributed by atoms with van der Waals surface area (Å²) in [6, 6.07) is 22.6. The van der Waals surface area contributed by atoms with Crippen molar-refractivity contribution in [2.75, 3.05) is 19.7 Å². The molecule has 0 saturated carbocycles. The Labute approximate surface area is 194 Å². The first-order valence-corrected chi connectivity index (χ1v) is 11.7. The van der Waals surface area contributed by atoms with Crippen LogP contribution >= 0.6 is 0 Å². The van der Waals surface area contributed by atoms with E-state index >= 15 is 0 Å². The lowest BCUT2D eigenvalue weighted by molar-refractivity contribution is -0.134. The van der Waals surface area contributed by atoms with Gasteiger partial charge in [-0.1, -0.05) is 36.4 Å². The van der Waals surface area contributed by atoms with Crippen molar-refractivity contribution in [2.45, 2.75) is 25.7 Å². The molecule has 1 aliphatic rings. The van der Waals surface area contributed by atoms with Crippen molar-refractivity contribution in [3.8, 4) is 17.0 Å². The van der Waals surface area contributed by atoms with Gasteiger partial charge in [0.15, 0.2) is 6.61 Å². The van der Waals surface area contributed by atoms with Crippen LogP contribution in [0.4, 0.5) is 0 Å². The zero-order valence-corrected chi connectivity index (χ0v) is 18.7. The Hall–Kier alpha value is -3.60. The van der Waals surface area contributed by atoms with Crippen LogP contribution in [-0.4, -0.2) is 40.5 Å². The summed E-state index contributed by atoms with van der Waals surface area (Å²) >= 11 is 0. The minimum Gasteiger partial charge on any atom is -0.481 e. The number of carbonyl (C=O) groups excluding carboxylic acids is 1. The van der Waals surface area contributed by atoms with Crippen molar-refractivity contribution in [1.29, 1.82) is 0 Å². The topological polar surface area (TPSA) is 58.2 Å². The molecule has 2 aromatic heterocycles. The second-order valence-corrected chi connectivity index (χ2v) is 8.77. The summed E-state index contributed by atoms with van der Waals surface area (Å²) in [6.45, 7) is 1.66. The molecule has 0 spiro atoms. The number of aromatic nitrogens is 2. The molecule has 5 nitrogen and oxygen atoms in total. The number of H-pyrrole nitrogens is 1. The summed E-state index contributed by atoms with van der Waals surface area (Å²) in [6.07, 6.45) is 8.11. The van der Waals surface area contributed by atoms with Crippen LogP contribution in [0.5, 0.6) is 5.75 Å².